The van der Waals surface area contributed by atoms with E-state index in [1.54, 1.807) is 14.2 Å². The van der Waals surface area contributed by atoms with Crippen LogP contribution in [0.25, 0.3) is 6.08 Å². The van der Waals surface area contributed by atoms with Crippen LogP contribution in [0.3, 0.4) is 0 Å². The zero-order chi connectivity index (χ0) is 22.9. The third-order valence-corrected chi connectivity index (χ3v) is 5.64. The number of nitrogens with zero attached hydrogens (tertiary/aromatic N) is 2. The second kappa shape index (κ2) is 11.6. The van der Waals surface area contributed by atoms with Crippen LogP contribution in [-0.4, -0.2) is 63.2 Å². The van der Waals surface area contributed by atoms with Crippen molar-refractivity contribution in [3.8, 4) is 17.2 Å². The van der Waals surface area contributed by atoms with Crippen LogP contribution in [0.1, 0.15) is 30.0 Å². The van der Waals surface area contributed by atoms with E-state index in [0.717, 1.165) is 54.3 Å². The fourth-order valence-corrected chi connectivity index (χ4v) is 3.67. The molecule has 0 bridgehead atoms. The predicted octanol–water partition coefficient (Wildman–Crippen LogP) is 4.02. The highest BCUT2D eigenvalue weighted by Crippen LogP contribution is 2.28. The van der Waals surface area contributed by atoms with E-state index in [-0.39, 0.29) is 5.91 Å². The number of benzene rings is 2. The van der Waals surface area contributed by atoms with Crippen molar-refractivity contribution in [2.24, 2.45) is 0 Å². The summed E-state index contributed by atoms with van der Waals surface area (Å²) in [5, 5.41) is 0. The molecule has 1 aliphatic rings. The van der Waals surface area contributed by atoms with Gasteiger partial charge in [-0.25, -0.2) is 0 Å². The summed E-state index contributed by atoms with van der Waals surface area (Å²) in [5.41, 5.74) is 3.28. The van der Waals surface area contributed by atoms with Crippen molar-refractivity contribution in [3.05, 3.63) is 59.3 Å². The normalized spacial score (nSPS) is 13.2. The number of amides is 1. The van der Waals surface area contributed by atoms with Gasteiger partial charge in [-0.1, -0.05) is 19.1 Å². The van der Waals surface area contributed by atoms with Crippen molar-refractivity contribution in [1.29, 1.82) is 0 Å². The molecule has 0 saturated heterocycles. The fraction of sp³-hybridized carbons (Fsp3) is 0.423. The topological polar surface area (TPSA) is 51.2 Å². The van der Waals surface area contributed by atoms with Gasteiger partial charge in [0.05, 0.1) is 27.2 Å². The van der Waals surface area contributed by atoms with Crippen molar-refractivity contribution in [1.82, 2.24) is 9.80 Å². The van der Waals surface area contributed by atoms with E-state index in [2.05, 4.69) is 24.9 Å². The van der Waals surface area contributed by atoms with Crippen LogP contribution < -0.4 is 14.2 Å². The second-order valence-corrected chi connectivity index (χ2v) is 8.03. The molecule has 2 aromatic carbocycles. The lowest BCUT2D eigenvalue weighted by Crippen LogP contribution is -2.35. The Morgan fingerprint density at radius 2 is 1.84 bits per heavy atom. The van der Waals surface area contributed by atoms with Crippen molar-refractivity contribution in [3.63, 3.8) is 0 Å². The van der Waals surface area contributed by atoms with Gasteiger partial charge in [0.1, 0.15) is 5.75 Å². The number of likely N-dealkylation sites (N-methyl/N-ethyl adjacent to an activating group) is 1. The van der Waals surface area contributed by atoms with E-state index in [1.165, 1.54) is 5.56 Å². The van der Waals surface area contributed by atoms with Gasteiger partial charge < -0.3 is 24.0 Å². The molecular formula is C26H34N2O4. The second-order valence-electron chi connectivity index (χ2n) is 8.03. The summed E-state index contributed by atoms with van der Waals surface area (Å²) in [7, 11) is 5.37. The van der Waals surface area contributed by atoms with Gasteiger partial charge in [-0.3, -0.25) is 4.79 Å². The molecule has 0 aliphatic carbocycles. The van der Waals surface area contributed by atoms with E-state index in [4.69, 9.17) is 14.2 Å². The zero-order valence-corrected chi connectivity index (χ0v) is 19.6. The lowest BCUT2D eigenvalue weighted by atomic mass is 10.0. The maximum Gasteiger partial charge on any atom is 0.231 e. The Morgan fingerprint density at radius 1 is 1.03 bits per heavy atom. The minimum atomic E-state index is 0.112. The van der Waals surface area contributed by atoms with Crippen LogP contribution in [0.15, 0.2) is 42.6 Å². The quantitative estimate of drug-likeness (QED) is 0.530. The van der Waals surface area contributed by atoms with E-state index in [0.29, 0.717) is 19.6 Å². The number of fused-ring (bicyclic) bond motifs is 1. The van der Waals surface area contributed by atoms with E-state index in [9.17, 15) is 4.79 Å². The van der Waals surface area contributed by atoms with Gasteiger partial charge >= 0.3 is 0 Å². The Labute approximate surface area is 191 Å². The van der Waals surface area contributed by atoms with Crippen molar-refractivity contribution >= 4 is 12.0 Å². The molecule has 2 aromatic rings. The predicted molar refractivity (Wildman–Crippen MR) is 127 cm³/mol. The lowest BCUT2D eigenvalue weighted by molar-refractivity contribution is -0.127. The monoisotopic (exact) mass is 438 g/mol. The molecule has 0 saturated carbocycles. The lowest BCUT2D eigenvalue weighted by Gasteiger charge is -2.22. The van der Waals surface area contributed by atoms with Gasteiger partial charge in [0, 0.05) is 25.8 Å². The van der Waals surface area contributed by atoms with Gasteiger partial charge in [0.15, 0.2) is 11.5 Å². The van der Waals surface area contributed by atoms with Crippen molar-refractivity contribution in [2.45, 2.75) is 26.2 Å². The third kappa shape index (κ3) is 6.26. The first-order valence-electron chi connectivity index (χ1n) is 11.2. The molecule has 0 aromatic heterocycles. The molecule has 6 heteroatoms. The molecule has 0 unspecified atom stereocenters. The molecule has 1 heterocycles. The summed E-state index contributed by atoms with van der Waals surface area (Å²) in [6.45, 7) is 5.11. The number of carbonyl (C=O) groups excluding carboxylic acids is 1. The maximum absolute atomic E-state index is 12.8. The average Bonchev–Trinajstić information content (AvgIpc) is 2.97. The van der Waals surface area contributed by atoms with Gasteiger partial charge in [-0.15, -0.1) is 0 Å². The Kier molecular flexibility index (Phi) is 8.56. The number of hydrogen-bond donors (Lipinski definition) is 0. The smallest absolute Gasteiger partial charge is 0.231 e. The van der Waals surface area contributed by atoms with Crippen LogP contribution in [-0.2, 0) is 17.6 Å². The van der Waals surface area contributed by atoms with Crippen LogP contribution in [0.5, 0.6) is 17.2 Å². The van der Waals surface area contributed by atoms with E-state index >= 15 is 0 Å². The molecule has 0 radical (unpaired) electrons. The van der Waals surface area contributed by atoms with Crippen LogP contribution in [0.4, 0.5) is 0 Å². The molecular weight excluding hydrogens is 404 g/mol. The third-order valence-electron chi connectivity index (χ3n) is 5.64. The molecule has 0 N–H and O–H groups in total. The SMILES string of the molecule is CCCOc1ccc2c(c1)CC(=O)N(CCN(C)CCc1ccc(OC)c(OC)c1)C=C2. The summed E-state index contributed by atoms with van der Waals surface area (Å²) < 4.78 is 16.4. The van der Waals surface area contributed by atoms with Gasteiger partial charge in [-0.05, 0) is 66.9 Å². The van der Waals surface area contributed by atoms with Gasteiger partial charge in [0.2, 0.25) is 5.91 Å². The standard InChI is InChI=1S/C26H34N2O4/c1-5-16-32-23-8-7-21-11-13-28(26(29)19-22(21)18-23)15-14-27(2)12-10-20-6-9-24(30-3)25(17-20)31-4/h6-9,11,13,17-18H,5,10,12,14-16,19H2,1-4H3. The van der Waals surface area contributed by atoms with Crippen LogP contribution >= 0.6 is 0 Å². The number of rotatable bonds is 11. The zero-order valence-electron chi connectivity index (χ0n) is 19.6. The van der Waals surface area contributed by atoms with Crippen molar-refractivity contribution < 1.29 is 19.0 Å². The molecule has 1 amide bonds. The molecule has 172 valence electrons. The Balaban J connectivity index is 1.51. The summed E-state index contributed by atoms with van der Waals surface area (Å²) in [6.07, 6.45) is 6.17. The molecule has 1 aliphatic heterocycles. The van der Waals surface area contributed by atoms with Crippen molar-refractivity contribution in [2.75, 3.05) is 47.5 Å². The Bertz CT molecular complexity index is 941. The number of methoxy groups -OCH3 is 2. The first-order chi connectivity index (χ1) is 15.5. The molecule has 3 rings (SSSR count). The minimum absolute atomic E-state index is 0.112. The van der Waals surface area contributed by atoms with Crippen LogP contribution in [0.2, 0.25) is 0 Å². The summed E-state index contributed by atoms with van der Waals surface area (Å²) in [6, 6.07) is 12.0. The number of carbonyl (C=O) groups is 1. The molecule has 0 spiro atoms. The first-order valence-corrected chi connectivity index (χ1v) is 11.2. The Morgan fingerprint density at radius 3 is 2.59 bits per heavy atom. The van der Waals surface area contributed by atoms with Gasteiger partial charge in [-0.2, -0.15) is 0 Å². The van der Waals surface area contributed by atoms with Gasteiger partial charge in [0.25, 0.3) is 0 Å². The molecule has 6 nitrogen and oxygen atoms in total. The fourth-order valence-electron chi connectivity index (χ4n) is 3.67. The number of ether oxygens (including phenoxy) is 3. The number of hydrogen-bond acceptors (Lipinski definition) is 5. The summed E-state index contributed by atoms with van der Waals surface area (Å²) in [5.74, 6) is 2.42. The minimum Gasteiger partial charge on any atom is -0.494 e. The van der Waals surface area contributed by atoms with Crippen LogP contribution in [0, 0.1) is 0 Å². The van der Waals surface area contributed by atoms with E-state index in [1.807, 2.05) is 47.5 Å². The molecule has 32 heavy (non-hydrogen) atoms. The highest BCUT2D eigenvalue weighted by molar-refractivity contribution is 5.83. The molecule has 0 fully saturated rings. The largest absolute Gasteiger partial charge is 0.494 e. The summed E-state index contributed by atoms with van der Waals surface area (Å²) in [4.78, 5) is 16.9. The Hall–Kier alpha value is -2.99. The molecule has 0 atom stereocenters. The van der Waals surface area contributed by atoms with E-state index < -0.39 is 0 Å². The first kappa shape index (κ1) is 23.7. The highest BCUT2D eigenvalue weighted by atomic mass is 16.5. The highest BCUT2D eigenvalue weighted by Gasteiger charge is 2.18. The summed E-state index contributed by atoms with van der Waals surface area (Å²) >= 11 is 0. The average molecular weight is 439 g/mol. The maximum atomic E-state index is 12.8.